The number of nitrogens with one attached hydrogen (secondary N) is 2. The van der Waals surface area contributed by atoms with E-state index in [0.717, 1.165) is 18.0 Å². The first-order chi connectivity index (χ1) is 9.15. The molecule has 0 aliphatic heterocycles. The maximum Gasteiger partial charge on any atom is 0.270 e. The minimum atomic E-state index is -0.0590. The second-order valence-electron chi connectivity index (χ2n) is 5.37. The lowest BCUT2D eigenvalue weighted by Crippen LogP contribution is -2.37. The van der Waals surface area contributed by atoms with Crippen LogP contribution in [0.5, 0.6) is 0 Å². The Bertz CT molecular complexity index is 430. The van der Waals surface area contributed by atoms with Gasteiger partial charge in [0.15, 0.2) is 0 Å². The van der Waals surface area contributed by atoms with Crippen molar-refractivity contribution in [3.05, 3.63) is 24.0 Å². The molecule has 104 valence electrons. The van der Waals surface area contributed by atoms with Crippen LogP contribution in [0.4, 0.5) is 5.69 Å². The second kappa shape index (κ2) is 6.04. The maximum atomic E-state index is 12.1. The van der Waals surface area contributed by atoms with Crippen molar-refractivity contribution in [2.24, 2.45) is 11.8 Å². The molecule has 0 saturated heterocycles. The summed E-state index contributed by atoms with van der Waals surface area (Å²) in [6.45, 7) is 4.47. The van der Waals surface area contributed by atoms with Crippen molar-refractivity contribution < 1.29 is 4.79 Å². The van der Waals surface area contributed by atoms with Crippen LogP contribution < -0.4 is 10.6 Å². The fourth-order valence-electron chi connectivity index (χ4n) is 2.95. The quantitative estimate of drug-likeness (QED) is 0.876. The van der Waals surface area contributed by atoms with Gasteiger partial charge in [-0.15, -0.1) is 0 Å². The highest BCUT2D eigenvalue weighted by Gasteiger charge is 2.32. The molecule has 1 amide bonds. The lowest BCUT2D eigenvalue weighted by Gasteiger charge is -2.20. The number of rotatable bonds is 4. The molecule has 1 aliphatic carbocycles. The fraction of sp³-hybridized carbons (Fsp3) is 0.600. The van der Waals surface area contributed by atoms with Crippen LogP contribution in [-0.2, 0) is 0 Å². The van der Waals surface area contributed by atoms with E-state index in [1.807, 2.05) is 13.1 Å². The number of carbonyl (C=O) groups excluding carboxylic acids is 1. The molecule has 1 aliphatic rings. The third-order valence-corrected chi connectivity index (χ3v) is 4.35. The Morgan fingerprint density at radius 2 is 2.21 bits per heavy atom. The number of aromatic nitrogens is 1. The third-order valence-electron chi connectivity index (χ3n) is 4.35. The Morgan fingerprint density at radius 1 is 1.42 bits per heavy atom. The van der Waals surface area contributed by atoms with Crippen molar-refractivity contribution in [1.29, 1.82) is 0 Å². The zero-order valence-corrected chi connectivity index (χ0v) is 11.9. The lowest BCUT2D eigenvalue weighted by molar-refractivity contribution is 0.0921. The summed E-state index contributed by atoms with van der Waals surface area (Å²) in [6, 6.07) is 3.93. The van der Waals surface area contributed by atoms with Crippen molar-refractivity contribution in [2.45, 2.75) is 39.2 Å². The Morgan fingerprint density at radius 3 is 2.74 bits per heavy atom. The number of amides is 1. The molecule has 3 atom stereocenters. The second-order valence-corrected chi connectivity index (χ2v) is 5.37. The van der Waals surface area contributed by atoms with Crippen LogP contribution >= 0.6 is 0 Å². The van der Waals surface area contributed by atoms with Crippen LogP contribution in [-0.4, -0.2) is 24.0 Å². The van der Waals surface area contributed by atoms with Gasteiger partial charge in [0.1, 0.15) is 5.69 Å². The first-order valence-electron chi connectivity index (χ1n) is 7.10. The fourth-order valence-corrected chi connectivity index (χ4v) is 2.95. The van der Waals surface area contributed by atoms with Gasteiger partial charge in [-0.3, -0.25) is 4.79 Å². The molecule has 1 aromatic rings. The molecular weight excluding hydrogens is 238 g/mol. The summed E-state index contributed by atoms with van der Waals surface area (Å²) in [6.07, 6.45) is 5.18. The normalized spacial score (nSPS) is 26.2. The molecule has 0 aromatic carbocycles. The van der Waals surface area contributed by atoms with Gasteiger partial charge in [-0.2, -0.15) is 0 Å². The summed E-state index contributed by atoms with van der Waals surface area (Å²) >= 11 is 0. The van der Waals surface area contributed by atoms with E-state index in [-0.39, 0.29) is 5.91 Å². The lowest BCUT2D eigenvalue weighted by atomic mass is 9.93. The molecule has 1 saturated carbocycles. The Labute approximate surface area is 115 Å². The number of nitrogens with zero attached hydrogens (tertiary/aromatic N) is 1. The van der Waals surface area contributed by atoms with Crippen molar-refractivity contribution in [3.63, 3.8) is 0 Å². The average molecular weight is 261 g/mol. The van der Waals surface area contributed by atoms with Gasteiger partial charge in [0.2, 0.25) is 0 Å². The molecule has 19 heavy (non-hydrogen) atoms. The number of carbonyl (C=O) groups is 1. The van der Waals surface area contributed by atoms with Crippen LogP contribution in [0.1, 0.15) is 43.6 Å². The molecule has 1 fully saturated rings. The smallest absolute Gasteiger partial charge is 0.270 e. The van der Waals surface area contributed by atoms with Crippen molar-refractivity contribution in [2.75, 3.05) is 12.4 Å². The van der Waals surface area contributed by atoms with E-state index in [1.165, 1.54) is 12.8 Å². The van der Waals surface area contributed by atoms with Crippen molar-refractivity contribution >= 4 is 11.6 Å². The SMILES string of the molecule is CCC1CCC(NC(=O)c2ccc(NC)cn2)C1C. The zero-order chi connectivity index (χ0) is 13.8. The van der Waals surface area contributed by atoms with E-state index >= 15 is 0 Å². The van der Waals surface area contributed by atoms with Crippen LogP contribution in [0.3, 0.4) is 0 Å². The van der Waals surface area contributed by atoms with E-state index in [4.69, 9.17) is 0 Å². The number of pyridine rings is 1. The van der Waals surface area contributed by atoms with Gasteiger partial charge < -0.3 is 10.6 Å². The molecule has 0 radical (unpaired) electrons. The molecule has 4 heteroatoms. The summed E-state index contributed by atoms with van der Waals surface area (Å²) < 4.78 is 0. The van der Waals surface area contributed by atoms with Gasteiger partial charge in [-0.25, -0.2) is 4.98 Å². The van der Waals surface area contributed by atoms with Gasteiger partial charge in [0, 0.05) is 13.1 Å². The van der Waals surface area contributed by atoms with E-state index in [0.29, 0.717) is 17.7 Å². The third kappa shape index (κ3) is 3.06. The highest BCUT2D eigenvalue weighted by Crippen LogP contribution is 2.33. The van der Waals surface area contributed by atoms with Crippen molar-refractivity contribution in [3.8, 4) is 0 Å². The highest BCUT2D eigenvalue weighted by molar-refractivity contribution is 5.92. The largest absolute Gasteiger partial charge is 0.387 e. The van der Waals surface area contributed by atoms with E-state index in [1.54, 1.807) is 12.3 Å². The minimum Gasteiger partial charge on any atom is -0.387 e. The predicted octanol–water partition coefficient (Wildman–Crippen LogP) is 2.68. The summed E-state index contributed by atoms with van der Waals surface area (Å²) in [7, 11) is 1.84. The number of anilines is 1. The number of hydrogen-bond donors (Lipinski definition) is 2. The molecule has 1 heterocycles. The van der Waals surface area contributed by atoms with Crippen LogP contribution in [0, 0.1) is 11.8 Å². The molecule has 3 unspecified atom stereocenters. The van der Waals surface area contributed by atoms with Gasteiger partial charge in [-0.05, 0) is 36.8 Å². The molecule has 4 nitrogen and oxygen atoms in total. The van der Waals surface area contributed by atoms with Crippen molar-refractivity contribution in [1.82, 2.24) is 10.3 Å². The maximum absolute atomic E-state index is 12.1. The summed E-state index contributed by atoms with van der Waals surface area (Å²) in [5, 5.41) is 6.12. The van der Waals surface area contributed by atoms with Crippen LogP contribution in [0.2, 0.25) is 0 Å². The number of hydrogen-bond acceptors (Lipinski definition) is 3. The Balaban J connectivity index is 1.97. The molecule has 2 N–H and O–H groups in total. The van der Waals surface area contributed by atoms with Gasteiger partial charge in [0.25, 0.3) is 5.91 Å². The van der Waals surface area contributed by atoms with E-state index in [9.17, 15) is 4.79 Å². The first kappa shape index (κ1) is 13.8. The summed E-state index contributed by atoms with van der Waals surface area (Å²) in [5.41, 5.74) is 1.41. The molecule has 2 rings (SSSR count). The van der Waals surface area contributed by atoms with Gasteiger partial charge in [-0.1, -0.05) is 20.3 Å². The first-order valence-corrected chi connectivity index (χ1v) is 7.10. The molecular formula is C15H23N3O. The predicted molar refractivity (Wildman–Crippen MR) is 77.2 cm³/mol. The van der Waals surface area contributed by atoms with Crippen LogP contribution in [0.15, 0.2) is 18.3 Å². The standard InChI is InChI=1S/C15H23N3O/c1-4-11-5-7-13(10(11)2)18-15(19)14-8-6-12(16-3)9-17-14/h6,8-11,13,16H,4-5,7H2,1-3H3,(H,18,19). The van der Waals surface area contributed by atoms with E-state index < -0.39 is 0 Å². The molecule has 0 bridgehead atoms. The minimum absolute atomic E-state index is 0.0590. The van der Waals surface area contributed by atoms with Gasteiger partial charge >= 0.3 is 0 Å². The molecule has 0 spiro atoms. The zero-order valence-electron chi connectivity index (χ0n) is 11.9. The topological polar surface area (TPSA) is 54.0 Å². The summed E-state index contributed by atoms with van der Waals surface area (Å²) in [4.78, 5) is 16.3. The summed E-state index contributed by atoms with van der Waals surface area (Å²) in [5.74, 6) is 1.24. The highest BCUT2D eigenvalue weighted by atomic mass is 16.1. The van der Waals surface area contributed by atoms with Gasteiger partial charge in [0.05, 0.1) is 11.9 Å². The monoisotopic (exact) mass is 261 g/mol. The van der Waals surface area contributed by atoms with E-state index in [2.05, 4.69) is 29.5 Å². The Hall–Kier alpha value is -1.58. The molecule has 1 aromatic heterocycles. The Kier molecular flexibility index (Phi) is 4.40. The van der Waals surface area contributed by atoms with Crippen LogP contribution in [0.25, 0.3) is 0 Å². The average Bonchev–Trinajstić information content (AvgIpc) is 2.79.